The van der Waals surface area contributed by atoms with Crippen molar-refractivity contribution in [3.05, 3.63) is 36.4 Å². The lowest BCUT2D eigenvalue weighted by atomic mass is 10.1. The number of rotatable bonds is 9. The molecule has 0 aliphatic rings. The molecule has 0 N–H and O–H groups in total. The first kappa shape index (κ1) is 15.7. The van der Waals surface area contributed by atoms with Crippen molar-refractivity contribution < 1.29 is 0 Å². The van der Waals surface area contributed by atoms with Crippen LogP contribution < -0.4 is 0 Å². The van der Waals surface area contributed by atoms with Gasteiger partial charge in [0.25, 0.3) is 0 Å². The van der Waals surface area contributed by atoms with Gasteiger partial charge in [-0.3, -0.25) is 4.98 Å². The highest BCUT2D eigenvalue weighted by atomic mass is 15.1. The minimum atomic E-state index is 0.987. The number of nitrogens with zero attached hydrogens (tertiary/aromatic N) is 3. The van der Waals surface area contributed by atoms with Gasteiger partial charge in [0, 0.05) is 12.7 Å². The van der Waals surface area contributed by atoms with Crippen LogP contribution in [0.25, 0.3) is 11.4 Å². The van der Waals surface area contributed by atoms with Crippen LogP contribution in [-0.4, -0.2) is 14.5 Å². The molecular formula is C18H26N3. The second-order valence-electron chi connectivity index (χ2n) is 5.54. The molecule has 1 radical (unpaired) electrons. The summed E-state index contributed by atoms with van der Waals surface area (Å²) < 4.78 is 2.17. The Labute approximate surface area is 128 Å². The van der Waals surface area contributed by atoms with Gasteiger partial charge < -0.3 is 4.57 Å². The quantitative estimate of drug-likeness (QED) is 0.627. The zero-order valence-electron chi connectivity index (χ0n) is 13.3. The van der Waals surface area contributed by atoms with Crippen LogP contribution in [0.4, 0.5) is 0 Å². The van der Waals surface area contributed by atoms with E-state index in [0.717, 1.165) is 24.4 Å². The van der Waals surface area contributed by atoms with Crippen LogP contribution >= 0.6 is 0 Å². The molecule has 0 aliphatic heterocycles. The molecule has 0 aromatic carbocycles. The molecule has 21 heavy (non-hydrogen) atoms. The third-order valence-electron chi connectivity index (χ3n) is 3.76. The van der Waals surface area contributed by atoms with Gasteiger partial charge in [-0.05, 0) is 31.4 Å². The fourth-order valence-corrected chi connectivity index (χ4v) is 2.57. The summed E-state index contributed by atoms with van der Waals surface area (Å²) in [5.74, 6) is 0. The van der Waals surface area contributed by atoms with E-state index in [1.807, 2.05) is 18.3 Å². The van der Waals surface area contributed by atoms with Crippen molar-refractivity contribution in [2.75, 3.05) is 0 Å². The van der Waals surface area contributed by atoms with E-state index in [0.29, 0.717) is 0 Å². The van der Waals surface area contributed by atoms with Crippen LogP contribution in [0.3, 0.4) is 0 Å². The molecule has 0 amide bonds. The van der Waals surface area contributed by atoms with E-state index in [1.54, 1.807) is 0 Å². The first-order valence-electron chi connectivity index (χ1n) is 8.25. The predicted octanol–water partition coefficient (Wildman–Crippen LogP) is 4.67. The Hall–Kier alpha value is -1.64. The molecule has 2 heterocycles. The second kappa shape index (κ2) is 8.60. The van der Waals surface area contributed by atoms with Crippen LogP contribution in [0.15, 0.2) is 24.4 Å². The van der Waals surface area contributed by atoms with Crippen molar-refractivity contribution in [1.29, 1.82) is 0 Å². The molecule has 0 bridgehead atoms. The summed E-state index contributed by atoms with van der Waals surface area (Å²) in [6, 6.07) is 6.08. The Morgan fingerprint density at radius 3 is 2.57 bits per heavy atom. The normalized spacial score (nSPS) is 11.0. The first-order valence-corrected chi connectivity index (χ1v) is 8.25. The van der Waals surface area contributed by atoms with E-state index in [2.05, 4.69) is 40.8 Å². The lowest BCUT2D eigenvalue weighted by molar-refractivity contribution is 0.602. The third-order valence-corrected chi connectivity index (χ3v) is 3.76. The molecule has 3 nitrogen and oxygen atoms in total. The summed E-state index contributed by atoms with van der Waals surface area (Å²) in [6.45, 7) is 5.45. The van der Waals surface area contributed by atoms with E-state index >= 15 is 0 Å². The van der Waals surface area contributed by atoms with Gasteiger partial charge >= 0.3 is 0 Å². The summed E-state index contributed by atoms with van der Waals surface area (Å²) in [7, 11) is 0. The summed E-state index contributed by atoms with van der Waals surface area (Å²) in [6.07, 6.45) is 13.4. The smallest absolute Gasteiger partial charge is 0.177 e. The fraction of sp³-hybridized carbons (Fsp3) is 0.556. The third kappa shape index (κ3) is 4.42. The van der Waals surface area contributed by atoms with Crippen molar-refractivity contribution in [2.24, 2.45) is 0 Å². The van der Waals surface area contributed by atoms with Crippen LogP contribution in [-0.2, 0) is 13.0 Å². The van der Waals surface area contributed by atoms with Crippen LogP contribution in [0.2, 0.25) is 0 Å². The van der Waals surface area contributed by atoms with Gasteiger partial charge in [-0.1, -0.05) is 45.6 Å². The second-order valence-corrected chi connectivity index (χ2v) is 5.54. The lowest BCUT2D eigenvalue weighted by Crippen LogP contribution is -2.02. The van der Waals surface area contributed by atoms with Gasteiger partial charge in [-0.2, -0.15) is 0 Å². The average Bonchev–Trinajstić information content (AvgIpc) is 2.92. The number of imidazole rings is 1. The maximum absolute atomic E-state index is 4.54. The number of pyridine rings is 1. The van der Waals surface area contributed by atoms with Crippen molar-refractivity contribution in [3.63, 3.8) is 0 Å². The van der Waals surface area contributed by atoms with Gasteiger partial charge in [0.1, 0.15) is 0 Å². The van der Waals surface area contributed by atoms with Gasteiger partial charge in [0.15, 0.2) is 6.33 Å². The summed E-state index contributed by atoms with van der Waals surface area (Å²) in [4.78, 5) is 9.06. The molecule has 0 spiro atoms. The Bertz CT molecular complexity index is 489. The van der Waals surface area contributed by atoms with Gasteiger partial charge in [0.05, 0.1) is 17.1 Å². The average molecular weight is 284 g/mol. The Balaban J connectivity index is 2.20. The molecule has 0 atom stereocenters. The van der Waals surface area contributed by atoms with Crippen LogP contribution in [0, 0.1) is 6.33 Å². The Morgan fingerprint density at radius 1 is 1.05 bits per heavy atom. The van der Waals surface area contributed by atoms with Crippen molar-refractivity contribution in [3.8, 4) is 11.4 Å². The highest BCUT2D eigenvalue weighted by Crippen LogP contribution is 2.23. The number of aromatic nitrogens is 3. The number of unbranched alkanes of at least 4 members (excludes halogenated alkanes) is 4. The number of hydrogen-bond acceptors (Lipinski definition) is 2. The number of hydrogen-bond donors (Lipinski definition) is 0. The summed E-state index contributed by atoms with van der Waals surface area (Å²) in [5, 5.41) is 0. The van der Waals surface area contributed by atoms with E-state index in [1.165, 1.54) is 44.2 Å². The molecule has 0 aliphatic carbocycles. The maximum Gasteiger partial charge on any atom is 0.177 e. The fourth-order valence-electron chi connectivity index (χ4n) is 2.57. The van der Waals surface area contributed by atoms with Crippen LogP contribution in [0.5, 0.6) is 0 Å². The molecule has 113 valence electrons. The summed E-state index contributed by atoms with van der Waals surface area (Å²) >= 11 is 0. The van der Waals surface area contributed by atoms with Crippen molar-refractivity contribution >= 4 is 0 Å². The highest BCUT2D eigenvalue weighted by molar-refractivity contribution is 5.57. The molecular weight excluding hydrogens is 258 g/mol. The van der Waals surface area contributed by atoms with E-state index in [9.17, 15) is 0 Å². The number of aryl methyl sites for hydroxylation is 2. The van der Waals surface area contributed by atoms with E-state index in [-0.39, 0.29) is 0 Å². The molecule has 2 aromatic heterocycles. The van der Waals surface area contributed by atoms with Crippen molar-refractivity contribution in [1.82, 2.24) is 14.5 Å². The SMILES string of the molecule is CCCCCc1n[c]n(CCCCC)c1-c1ccccn1. The van der Waals surface area contributed by atoms with Crippen LogP contribution in [0.1, 0.15) is 58.1 Å². The Kier molecular flexibility index (Phi) is 6.45. The molecule has 0 saturated heterocycles. The molecule has 2 rings (SSSR count). The maximum atomic E-state index is 4.54. The largest absolute Gasteiger partial charge is 0.320 e. The highest BCUT2D eigenvalue weighted by Gasteiger charge is 2.14. The van der Waals surface area contributed by atoms with Gasteiger partial charge in [0.2, 0.25) is 0 Å². The minimum Gasteiger partial charge on any atom is -0.320 e. The zero-order valence-corrected chi connectivity index (χ0v) is 13.3. The molecule has 3 heteroatoms. The van der Waals surface area contributed by atoms with Crippen molar-refractivity contribution in [2.45, 2.75) is 65.3 Å². The zero-order chi connectivity index (χ0) is 14.9. The Morgan fingerprint density at radius 2 is 1.86 bits per heavy atom. The molecule has 0 unspecified atom stereocenters. The lowest BCUT2D eigenvalue weighted by Gasteiger charge is -2.09. The van der Waals surface area contributed by atoms with Gasteiger partial charge in [-0.15, -0.1) is 0 Å². The topological polar surface area (TPSA) is 30.7 Å². The standard InChI is InChI=1S/C18H26N3/c1-3-5-7-11-17-18(16-12-8-9-13-19-16)21(15-20-17)14-10-6-4-2/h8-9,12-13H,3-7,10-11,14H2,1-2H3. The van der Waals surface area contributed by atoms with E-state index < -0.39 is 0 Å². The minimum absolute atomic E-state index is 0.987. The van der Waals surface area contributed by atoms with E-state index in [4.69, 9.17) is 0 Å². The molecule has 0 saturated carbocycles. The monoisotopic (exact) mass is 284 g/mol. The molecule has 0 fully saturated rings. The molecule has 2 aromatic rings. The van der Waals surface area contributed by atoms with Gasteiger partial charge in [-0.25, -0.2) is 4.98 Å². The summed E-state index contributed by atoms with van der Waals surface area (Å²) in [5.41, 5.74) is 3.34. The predicted molar refractivity (Wildman–Crippen MR) is 87.0 cm³/mol. The first-order chi connectivity index (χ1) is 10.4.